The molecule has 0 saturated heterocycles. The highest BCUT2D eigenvalue weighted by atomic mass is 16.6. The Labute approximate surface area is 198 Å². The van der Waals surface area contributed by atoms with Crippen molar-refractivity contribution in [3.05, 3.63) is 42.0 Å². The fourth-order valence-corrected chi connectivity index (χ4v) is 3.36. The lowest BCUT2D eigenvalue weighted by molar-refractivity contribution is -0.143. The van der Waals surface area contributed by atoms with Crippen LogP contribution in [0.15, 0.2) is 30.8 Å². The third-order valence-corrected chi connectivity index (χ3v) is 4.75. The molecule has 1 rings (SSSR count). The quantitative estimate of drug-likeness (QED) is 0.591. The Morgan fingerprint density at radius 2 is 1.73 bits per heavy atom. The van der Waals surface area contributed by atoms with Gasteiger partial charge in [0, 0.05) is 12.1 Å². The van der Waals surface area contributed by atoms with E-state index >= 15 is 0 Å². The SMILES string of the molecule is C=Cc1cccc(C(C(=O)NC(C)(C)C)N(CC)C(=O)C(NC(=O)OC(C)(C)C)C(C)C)c1. The zero-order valence-corrected chi connectivity index (χ0v) is 21.6. The molecule has 0 radical (unpaired) electrons. The fraction of sp³-hybridized carbons (Fsp3) is 0.577. The summed E-state index contributed by atoms with van der Waals surface area (Å²) in [6.45, 7) is 20.5. The maximum atomic E-state index is 13.7. The van der Waals surface area contributed by atoms with Crippen molar-refractivity contribution in [1.29, 1.82) is 0 Å². The number of nitrogens with one attached hydrogen (secondary N) is 2. The van der Waals surface area contributed by atoms with Gasteiger partial charge in [-0.2, -0.15) is 0 Å². The minimum Gasteiger partial charge on any atom is -0.444 e. The number of carbonyl (C=O) groups excluding carboxylic acids is 3. The second-order valence-electron chi connectivity index (χ2n) is 10.5. The molecule has 7 nitrogen and oxygen atoms in total. The van der Waals surface area contributed by atoms with Crippen molar-refractivity contribution in [2.45, 2.75) is 85.5 Å². The van der Waals surface area contributed by atoms with Crippen molar-refractivity contribution < 1.29 is 19.1 Å². The summed E-state index contributed by atoms with van der Waals surface area (Å²) in [5.74, 6) is -0.861. The van der Waals surface area contributed by atoms with Crippen LogP contribution in [0, 0.1) is 5.92 Å². The first-order valence-electron chi connectivity index (χ1n) is 11.4. The normalized spacial score (nSPS) is 13.6. The Hall–Kier alpha value is -2.83. The van der Waals surface area contributed by atoms with E-state index in [0.29, 0.717) is 5.56 Å². The molecule has 3 amide bonds. The summed E-state index contributed by atoms with van der Waals surface area (Å²) in [5.41, 5.74) is 0.334. The zero-order valence-electron chi connectivity index (χ0n) is 21.6. The molecule has 0 aliphatic rings. The number of rotatable bonds is 8. The molecule has 0 aliphatic carbocycles. The molecule has 0 fully saturated rings. The standard InChI is InChI=1S/C26H41N3O4/c1-11-18-14-13-15-19(16-18)21(22(30)28-25(5,6)7)29(12-2)23(31)20(17(3)4)27-24(32)33-26(8,9)10/h11,13-17,20-21H,1,12H2,2-10H3,(H,27,32)(H,28,30). The molecule has 0 aliphatic heterocycles. The van der Waals surface area contributed by atoms with Crippen LogP contribution in [0.25, 0.3) is 6.08 Å². The van der Waals surface area contributed by atoms with Crippen LogP contribution in [0.3, 0.4) is 0 Å². The number of nitrogens with zero attached hydrogens (tertiary/aromatic N) is 1. The minimum atomic E-state index is -0.872. The monoisotopic (exact) mass is 459 g/mol. The molecular weight excluding hydrogens is 418 g/mol. The topological polar surface area (TPSA) is 87.7 Å². The van der Waals surface area contributed by atoms with Gasteiger partial charge in [-0.05, 0) is 71.6 Å². The summed E-state index contributed by atoms with van der Waals surface area (Å²) in [7, 11) is 0. The predicted octanol–water partition coefficient (Wildman–Crippen LogP) is 4.68. The van der Waals surface area contributed by atoms with Gasteiger partial charge in [-0.25, -0.2) is 4.79 Å². The molecule has 33 heavy (non-hydrogen) atoms. The van der Waals surface area contributed by atoms with Gasteiger partial charge >= 0.3 is 6.09 Å². The number of ether oxygens (including phenoxy) is 1. The lowest BCUT2D eigenvalue weighted by Crippen LogP contribution is -2.56. The molecule has 2 N–H and O–H groups in total. The third kappa shape index (κ3) is 8.91. The summed E-state index contributed by atoms with van der Waals surface area (Å²) in [6.07, 6.45) is 1.02. The van der Waals surface area contributed by atoms with Crippen molar-refractivity contribution in [3.8, 4) is 0 Å². The zero-order chi connectivity index (χ0) is 25.6. The van der Waals surface area contributed by atoms with E-state index in [0.717, 1.165) is 5.56 Å². The van der Waals surface area contributed by atoms with E-state index < -0.39 is 29.3 Å². The Morgan fingerprint density at radius 3 is 2.18 bits per heavy atom. The van der Waals surface area contributed by atoms with Gasteiger partial charge in [-0.3, -0.25) is 9.59 Å². The van der Waals surface area contributed by atoms with Gasteiger partial charge in [0.25, 0.3) is 0 Å². The van der Waals surface area contributed by atoms with E-state index in [9.17, 15) is 14.4 Å². The van der Waals surface area contributed by atoms with E-state index in [-0.39, 0.29) is 24.3 Å². The summed E-state index contributed by atoms with van der Waals surface area (Å²) in [6, 6.07) is 5.66. The fourth-order valence-electron chi connectivity index (χ4n) is 3.36. The van der Waals surface area contributed by atoms with E-state index in [1.807, 2.05) is 65.8 Å². The van der Waals surface area contributed by atoms with E-state index in [1.54, 1.807) is 26.8 Å². The Balaban J connectivity index is 3.42. The summed E-state index contributed by atoms with van der Waals surface area (Å²) < 4.78 is 5.36. The molecule has 2 atom stereocenters. The maximum absolute atomic E-state index is 13.7. The first kappa shape index (κ1) is 28.2. The molecule has 0 saturated carbocycles. The lowest BCUT2D eigenvalue weighted by Gasteiger charge is -2.36. The highest BCUT2D eigenvalue weighted by molar-refractivity contribution is 5.92. The van der Waals surface area contributed by atoms with Crippen LogP contribution in [0.2, 0.25) is 0 Å². The second kappa shape index (κ2) is 11.3. The van der Waals surface area contributed by atoms with Crippen molar-refractivity contribution in [2.75, 3.05) is 6.54 Å². The Bertz CT molecular complexity index is 850. The van der Waals surface area contributed by atoms with E-state index in [2.05, 4.69) is 17.2 Å². The van der Waals surface area contributed by atoms with Crippen LogP contribution in [-0.2, 0) is 14.3 Å². The molecular formula is C26H41N3O4. The molecule has 0 spiro atoms. The highest BCUT2D eigenvalue weighted by Gasteiger charge is 2.37. The molecule has 0 bridgehead atoms. The number of alkyl carbamates (subject to hydrolysis) is 1. The number of benzene rings is 1. The number of amides is 3. The molecule has 0 heterocycles. The van der Waals surface area contributed by atoms with Crippen LogP contribution >= 0.6 is 0 Å². The highest BCUT2D eigenvalue weighted by Crippen LogP contribution is 2.25. The first-order valence-corrected chi connectivity index (χ1v) is 11.4. The van der Waals surface area contributed by atoms with Gasteiger partial charge in [-0.1, -0.05) is 44.7 Å². The smallest absolute Gasteiger partial charge is 0.408 e. The second-order valence-corrected chi connectivity index (χ2v) is 10.5. The Kier molecular flexibility index (Phi) is 9.70. The van der Waals surface area contributed by atoms with Gasteiger partial charge in [0.05, 0.1) is 0 Å². The van der Waals surface area contributed by atoms with Crippen LogP contribution in [-0.4, -0.2) is 46.5 Å². The van der Waals surface area contributed by atoms with Gasteiger partial charge < -0.3 is 20.3 Å². The third-order valence-electron chi connectivity index (χ3n) is 4.75. The Morgan fingerprint density at radius 1 is 1.12 bits per heavy atom. The molecule has 0 aromatic heterocycles. The van der Waals surface area contributed by atoms with Crippen molar-refractivity contribution in [2.24, 2.45) is 5.92 Å². The number of hydrogen-bond acceptors (Lipinski definition) is 4. The molecule has 184 valence electrons. The summed E-state index contributed by atoms with van der Waals surface area (Å²) in [4.78, 5) is 41.1. The molecule has 7 heteroatoms. The number of carbonyl (C=O) groups is 3. The van der Waals surface area contributed by atoms with E-state index in [4.69, 9.17) is 4.74 Å². The van der Waals surface area contributed by atoms with Crippen molar-refractivity contribution in [1.82, 2.24) is 15.5 Å². The van der Waals surface area contributed by atoms with Crippen LogP contribution in [0.4, 0.5) is 4.79 Å². The van der Waals surface area contributed by atoms with Gasteiger partial charge in [0.1, 0.15) is 17.7 Å². The van der Waals surface area contributed by atoms with Crippen molar-refractivity contribution >= 4 is 24.0 Å². The first-order chi connectivity index (χ1) is 15.1. The van der Waals surface area contributed by atoms with Gasteiger partial charge in [-0.15, -0.1) is 0 Å². The van der Waals surface area contributed by atoms with Crippen LogP contribution in [0.1, 0.15) is 79.5 Å². The number of hydrogen-bond donors (Lipinski definition) is 2. The lowest BCUT2D eigenvalue weighted by atomic mass is 9.97. The predicted molar refractivity (Wildman–Crippen MR) is 133 cm³/mol. The minimum absolute atomic E-state index is 0.218. The van der Waals surface area contributed by atoms with E-state index in [1.165, 1.54) is 4.90 Å². The average Bonchev–Trinajstić information content (AvgIpc) is 2.66. The van der Waals surface area contributed by atoms with Gasteiger partial charge in [0.15, 0.2) is 0 Å². The van der Waals surface area contributed by atoms with Crippen LogP contribution in [0.5, 0.6) is 0 Å². The average molecular weight is 460 g/mol. The van der Waals surface area contributed by atoms with Crippen molar-refractivity contribution in [3.63, 3.8) is 0 Å². The molecule has 1 aromatic carbocycles. The maximum Gasteiger partial charge on any atom is 0.408 e. The van der Waals surface area contributed by atoms with Gasteiger partial charge in [0.2, 0.25) is 11.8 Å². The number of likely N-dealkylation sites (N-methyl/N-ethyl adjacent to an activating group) is 1. The summed E-state index contributed by atoms with van der Waals surface area (Å²) in [5, 5.41) is 5.70. The molecule has 1 aromatic rings. The van der Waals surface area contributed by atoms with Crippen LogP contribution < -0.4 is 10.6 Å². The largest absolute Gasteiger partial charge is 0.444 e. The summed E-state index contributed by atoms with van der Waals surface area (Å²) >= 11 is 0. The molecule has 2 unspecified atom stereocenters.